The van der Waals surface area contributed by atoms with E-state index >= 15 is 0 Å². The lowest BCUT2D eigenvalue weighted by Crippen LogP contribution is -2.35. The van der Waals surface area contributed by atoms with Gasteiger partial charge in [-0.05, 0) is 31.6 Å². The van der Waals surface area contributed by atoms with Crippen molar-refractivity contribution in [3.63, 3.8) is 0 Å². The number of rotatable bonds is 3. The van der Waals surface area contributed by atoms with Gasteiger partial charge in [0.05, 0.1) is 6.54 Å². The SMILES string of the molecule is CCCC1CCC(NC2=NCC(C)S2)CC1. The summed E-state index contributed by atoms with van der Waals surface area (Å²) in [7, 11) is 0. The molecule has 2 aliphatic rings. The van der Waals surface area contributed by atoms with Gasteiger partial charge in [0.15, 0.2) is 5.17 Å². The van der Waals surface area contributed by atoms with Crippen LogP contribution < -0.4 is 5.32 Å². The van der Waals surface area contributed by atoms with Gasteiger partial charge in [-0.15, -0.1) is 0 Å². The van der Waals surface area contributed by atoms with Gasteiger partial charge in [-0.3, -0.25) is 4.99 Å². The van der Waals surface area contributed by atoms with Crippen molar-refractivity contribution < 1.29 is 0 Å². The Morgan fingerprint density at radius 3 is 2.62 bits per heavy atom. The maximum atomic E-state index is 4.53. The van der Waals surface area contributed by atoms with Gasteiger partial charge in [-0.2, -0.15) is 0 Å². The molecule has 1 saturated carbocycles. The molecule has 1 aliphatic heterocycles. The van der Waals surface area contributed by atoms with Crippen LogP contribution in [0.25, 0.3) is 0 Å². The first-order valence-electron chi connectivity index (χ1n) is 6.75. The standard InChI is InChI=1S/C13H24N2S/c1-3-4-11-5-7-12(8-6-11)15-13-14-9-10(2)16-13/h10-12H,3-9H2,1-2H3,(H,14,15). The Kier molecular flexibility index (Phi) is 4.56. The zero-order valence-electron chi connectivity index (χ0n) is 10.5. The number of nitrogens with one attached hydrogen (secondary N) is 1. The van der Waals surface area contributed by atoms with E-state index in [1.165, 1.54) is 43.7 Å². The molecule has 0 radical (unpaired) electrons. The van der Waals surface area contributed by atoms with Crippen LogP contribution in [0.1, 0.15) is 52.4 Å². The van der Waals surface area contributed by atoms with Gasteiger partial charge in [0, 0.05) is 11.3 Å². The van der Waals surface area contributed by atoms with Gasteiger partial charge >= 0.3 is 0 Å². The van der Waals surface area contributed by atoms with Crippen molar-refractivity contribution in [1.29, 1.82) is 0 Å². The van der Waals surface area contributed by atoms with Gasteiger partial charge in [-0.1, -0.05) is 38.5 Å². The van der Waals surface area contributed by atoms with Gasteiger partial charge in [0.1, 0.15) is 0 Å². The van der Waals surface area contributed by atoms with Crippen molar-refractivity contribution in [3.8, 4) is 0 Å². The summed E-state index contributed by atoms with van der Waals surface area (Å²) in [6.45, 7) is 5.55. The highest BCUT2D eigenvalue weighted by Crippen LogP contribution is 2.29. The minimum atomic E-state index is 0.680. The molecule has 0 saturated heterocycles. The van der Waals surface area contributed by atoms with E-state index in [9.17, 15) is 0 Å². The molecule has 1 fully saturated rings. The van der Waals surface area contributed by atoms with Gasteiger partial charge in [-0.25, -0.2) is 0 Å². The second-order valence-electron chi connectivity index (χ2n) is 5.22. The first kappa shape index (κ1) is 12.3. The second-order valence-corrected chi connectivity index (χ2v) is 6.65. The van der Waals surface area contributed by atoms with Gasteiger partial charge in [0.2, 0.25) is 0 Å². The molecule has 2 nitrogen and oxygen atoms in total. The Morgan fingerprint density at radius 2 is 2.06 bits per heavy atom. The molecule has 0 bridgehead atoms. The van der Waals surface area contributed by atoms with Crippen LogP contribution in [0, 0.1) is 5.92 Å². The van der Waals surface area contributed by atoms with Gasteiger partial charge < -0.3 is 5.32 Å². The Labute approximate surface area is 104 Å². The summed E-state index contributed by atoms with van der Waals surface area (Å²) >= 11 is 1.91. The van der Waals surface area contributed by atoms with E-state index in [0.29, 0.717) is 11.3 Å². The lowest BCUT2D eigenvalue weighted by molar-refractivity contribution is 0.296. The first-order valence-corrected chi connectivity index (χ1v) is 7.63. The molecule has 1 heterocycles. The summed E-state index contributed by atoms with van der Waals surface area (Å²) in [5.74, 6) is 1.00. The number of hydrogen-bond acceptors (Lipinski definition) is 3. The molecule has 0 aromatic carbocycles. The average molecular weight is 240 g/mol. The predicted octanol–water partition coefficient (Wildman–Crippen LogP) is 3.43. The molecule has 0 amide bonds. The van der Waals surface area contributed by atoms with E-state index in [0.717, 1.165) is 12.5 Å². The lowest BCUT2D eigenvalue weighted by Gasteiger charge is -2.29. The molecular formula is C13H24N2S. The Morgan fingerprint density at radius 1 is 1.31 bits per heavy atom. The highest BCUT2D eigenvalue weighted by molar-refractivity contribution is 8.14. The summed E-state index contributed by atoms with van der Waals surface area (Å²) < 4.78 is 0. The number of aliphatic imine (C=N–C) groups is 1. The lowest BCUT2D eigenvalue weighted by atomic mass is 9.84. The van der Waals surface area contributed by atoms with E-state index in [1.807, 2.05) is 11.8 Å². The van der Waals surface area contributed by atoms with Crippen LogP contribution in [-0.2, 0) is 0 Å². The highest BCUT2D eigenvalue weighted by Gasteiger charge is 2.23. The van der Waals surface area contributed by atoms with Crippen LogP contribution in [0.2, 0.25) is 0 Å². The molecule has 2 rings (SSSR count). The summed E-state index contributed by atoms with van der Waals surface area (Å²) in [4.78, 5) is 4.53. The molecule has 1 N–H and O–H groups in total. The topological polar surface area (TPSA) is 24.4 Å². The molecule has 1 atom stereocenters. The minimum Gasteiger partial charge on any atom is -0.362 e. The zero-order valence-corrected chi connectivity index (χ0v) is 11.4. The third-order valence-corrected chi connectivity index (χ3v) is 4.70. The largest absolute Gasteiger partial charge is 0.362 e. The van der Waals surface area contributed by atoms with Crippen molar-refractivity contribution in [2.24, 2.45) is 10.9 Å². The molecule has 92 valence electrons. The highest BCUT2D eigenvalue weighted by atomic mass is 32.2. The maximum Gasteiger partial charge on any atom is 0.157 e. The Hall–Kier alpha value is -0.180. The summed E-state index contributed by atoms with van der Waals surface area (Å²) in [5, 5.41) is 5.50. The van der Waals surface area contributed by atoms with E-state index in [4.69, 9.17) is 0 Å². The summed E-state index contributed by atoms with van der Waals surface area (Å²) in [6.07, 6.45) is 8.30. The van der Waals surface area contributed by atoms with Gasteiger partial charge in [0.25, 0.3) is 0 Å². The van der Waals surface area contributed by atoms with Crippen molar-refractivity contribution >= 4 is 16.9 Å². The Balaban J connectivity index is 1.69. The zero-order chi connectivity index (χ0) is 11.4. The van der Waals surface area contributed by atoms with E-state index in [2.05, 4.69) is 24.2 Å². The van der Waals surface area contributed by atoms with Crippen LogP contribution in [0.5, 0.6) is 0 Å². The van der Waals surface area contributed by atoms with Crippen LogP contribution in [0.4, 0.5) is 0 Å². The Bertz CT molecular complexity index is 244. The number of hydrogen-bond donors (Lipinski definition) is 1. The number of amidine groups is 1. The molecule has 0 spiro atoms. The van der Waals surface area contributed by atoms with Crippen LogP contribution in [-0.4, -0.2) is 23.0 Å². The minimum absolute atomic E-state index is 0.680. The van der Waals surface area contributed by atoms with Crippen molar-refractivity contribution in [2.45, 2.75) is 63.7 Å². The third-order valence-electron chi connectivity index (χ3n) is 3.68. The molecular weight excluding hydrogens is 216 g/mol. The molecule has 0 aromatic heterocycles. The second kappa shape index (κ2) is 5.95. The fourth-order valence-corrected chi connectivity index (χ4v) is 3.65. The quantitative estimate of drug-likeness (QED) is 0.817. The van der Waals surface area contributed by atoms with Crippen LogP contribution >= 0.6 is 11.8 Å². The number of thioether (sulfide) groups is 1. The summed E-state index contributed by atoms with van der Waals surface area (Å²) in [6, 6.07) is 0.699. The molecule has 3 heteroatoms. The van der Waals surface area contributed by atoms with Crippen molar-refractivity contribution in [2.75, 3.05) is 6.54 Å². The first-order chi connectivity index (χ1) is 7.78. The van der Waals surface area contributed by atoms with Crippen molar-refractivity contribution in [1.82, 2.24) is 5.32 Å². The third kappa shape index (κ3) is 3.41. The predicted molar refractivity (Wildman–Crippen MR) is 73.1 cm³/mol. The maximum absolute atomic E-state index is 4.53. The fourth-order valence-electron chi connectivity index (χ4n) is 2.73. The monoisotopic (exact) mass is 240 g/mol. The van der Waals surface area contributed by atoms with Crippen LogP contribution in [0.15, 0.2) is 4.99 Å². The molecule has 1 unspecified atom stereocenters. The smallest absolute Gasteiger partial charge is 0.157 e. The molecule has 1 aliphatic carbocycles. The van der Waals surface area contributed by atoms with E-state index in [-0.39, 0.29) is 0 Å². The molecule has 16 heavy (non-hydrogen) atoms. The molecule has 0 aromatic rings. The fraction of sp³-hybridized carbons (Fsp3) is 0.923. The van der Waals surface area contributed by atoms with E-state index < -0.39 is 0 Å². The van der Waals surface area contributed by atoms with Crippen LogP contribution in [0.3, 0.4) is 0 Å². The average Bonchev–Trinajstić information content (AvgIpc) is 2.67. The number of nitrogens with zero attached hydrogens (tertiary/aromatic N) is 1. The summed E-state index contributed by atoms with van der Waals surface area (Å²) in [5.41, 5.74) is 0. The normalized spacial score (nSPS) is 34.9. The van der Waals surface area contributed by atoms with Crippen molar-refractivity contribution in [3.05, 3.63) is 0 Å². The van der Waals surface area contributed by atoms with E-state index in [1.54, 1.807) is 0 Å².